The standard InChI is InChI=1S/C14H27N3O2/c1-10(2)13(15)14(19)16-9-12(18)17-7-4-5-11(3)6-8-17/h10-11,13H,4-9,15H2,1-3H3,(H,16,19)/t11?,13-/m0/s1. The van der Waals surface area contributed by atoms with Gasteiger partial charge in [0.2, 0.25) is 11.8 Å². The van der Waals surface area contributed by atoms with Crippen molar-refractivity contribution >= 4 is 11.8 Å². The second-order valence-corrected chi connectivity index (χ2v) is 5.90. The van der Waals surface area contributed by atoms with E-state index in [1.54, 1.807) is 0 Å². The summed E-state index contributed by atoms with van der Waals surface area (Å²) in [6, 6.07) is -0.544. The topological polar surface area (TPSA) is 75.4 Å². The smallest absolute Gasteiger partial charge is 0.241 e. The Morgan fingerprint density at radius 2 is 2.00 bits per heavy atom. The highest BCUT2D eigenvalue weighted by molar-refractivity contribution is 5.87. The van der Waals surface area contributed by atoms with Gasteiger partial charge in [-0.1, -0.05) is 20.8 Å². The lowest BCUT2D eigenvalue weighted by atomic mass is 10.0. The second-order valence-electron chi connectivity index (χ2n) is 5.90. The summed E-state index contributed by atoms with van der Waals surface area (Å²) in [6.07, 6.45) is 3.27. The predicted molar refractivity (Wildman–Crippen MR) is 75.4 cm³/mol. The van der Waals surface area contributed by atoms with Crippen LogP contribution in [0.2, 0.25) is 0 Å². The summed E-state index contributed by atoms with van der Waals surface area (Å²) in [4.78, 5) is 25.6. The molecule has 1 heterocycles. The van der Waals surface area contributed by atoms with E-state index in [0.717, 1.165) is 25.9 Å². The Morgan fingerprint density at radius 1 is 1.32 bits per heavy atom. The fourth-order valence-corrected chi connectivity index (χ4v) is 2.21. The first-order chi connectivity index (χ1) is 8.91. The quantitative estimate of drug-likeness (QED) is 0.790. The van der Waals surface area contributed by atoms with Crippen molar-refractivity contribution in [3.05, 3.63) is 0 Å². The Morgan fingerprint density at radius 3 is 2.63 bits per heavy atom. The monoisotopic (exact) mass is 269 g/mol. The first-order valence-corrected chi connectivity index (χ1v) is 7.23. The molecular formula is C14H27N3O2. The van der Waals surface area contributed by atoms with Crippen LogP contribution in [-0.2, 0) is 9.59 Å². The number of nitrogens with one attached hydrogen (secondary N) is 1. The molecule has 1 saturated heterocycles. The third-order valence-electron chi connectivity index (χ3n) is 3.80. The van der Waals surface area contributed by atoms with Crippen LogP contribution < -0.4 is 11.1 Å². The van der Waals surface area contributed by atoms with Gasteiger partial charge in [-0.25, -0.2) is 0 Å². The highest BCUT2D eigenvalue weighted by Crippen LogP contribution is 2.16. The van der Waals surface area contributed by atoms with E-state index < -0.39 is 6.04 Å². The van der Waals surface area contributed by atoms with Crippen molar-refractivity contribution in [2.45, 2.75) is 46.1 Å². The van der Waals surface area contributed by atoms with Crippen molar-refractivity contribution in [1.82, 2.24) is 10.2 Å². The van der Waals surface area contributed by atoms with Gasteiger partial charge >= 0.3 is 0 Å². The van der Waals surface area contributed by atoms with Gasteiger partial charge in [0.05, 0.1) is 12.6 Å². The van der Waals surface area contributed by atoms with Crippen LogP contribution >= 0.6 is 0 Å². The molecule has 3 N–H and O–H groups in total. The normalized spacial score (nSPS) is 21.9. The van der Waals surface area contributed by atoms with Crippen LogP contribution in [0.5, 0.6) is 0 Å². The number of nitrogens with zero attached hydrogens (tertiary/aromatic N) is 1. The summed E-state index contributed by atoms with van der Waals surface area (Å²) in [6.45, 7) is 7.66. The molecule has 0 spiro atoms. The van der Waals surface area contributed by atoms with Gasteiger partial charge in [-0.2, -0.15) is 0 Å². The lowest BCUT2D eigenvalue weighted by Crippen LogP contribution is -2.48. The highest BCUT2D eigenvalue weighted by Gasteiger charge is 2.21. The fraction of sp³-hybridized carbons (Fsp3) is 0.857. The van der Waals surface area contributed by atoms with Crippen molar-refractivity contribution in [2.24, 2.45) is 17.6 Å². The fourth-order valence-electron chi connectivity index (χ4n) is 2.21. The number of nitrogens with two attached hydrogens (primary N) is 1. The van der Waals surface area contributed by atoms with Crippen molar-refractivity contribution in [3.63, 3.8) is 0 Å². The summed E-state index contributed by atoms with van der Waals surface area (Å²) in [5.74, 6) is 0.515. The molecule has 0 aromatic heterocycles. The zero-order chi connectivity index (χ0) is 14.4. The van der Waals surface area contributed by atoms with Crippen LogP contribution in [0.4, 0.5) is 0 Å². The van der Waals surface area contributed by atoms with Gasteiger partial charge in [0.15, 0.2) is 0 Å². The Labute approximate surface area is 115 Å². The van der Waals surface area contributed by atoms with Gasteiger partial charge in [-0.05, 0) is 31.1 Å². The predicted octanol–water partition coefficient (Wildman–Crippen LogP) is 0.735. The minimum atomic E-state index is -0.544. The van der Waals surface area contributed by atoms with Gasteiger partial charge in [-0.15, -0.1) is 0 Å². The van der Waals surface area contributed by atoms with Crippen LogP contribution in [0, 0.1) is 11.8 Å². The molecule has 5 heteroatoms. The first-order valence-electron chi connectivity index (χ1n) is 7.23. The molecule has 0 saturated carbocycles. The minimum Gasteiger partial charge on any atom is -0.346 e. The first kappa shape index (κ1) is 16.0. The molecule has 0 aromatic carbocycles. The van der Waals surface area contributed by atoms with E-state index in [-0.39, 0.29) is 24.3 Å². The maximum absolute atomic E-state index is 12.0. The molecule has 2 amide bonds. The number of amides is 2. The van der Waals surface area contributed by atoms with E-state index in [0.29, 0.717) is 5.92 Å². The Kier molecular flexibility index (Phi) is 6.28. The van der Waals surface area contributed by atoms with Crippen LogP contribution in [0.25, 0.3) is 0 Å². The lowest BCUT2D eigenvalue weighted by molar-refractivity contribution is -0.133. The van der Waals surface area contributed by atoms with Gasteiger partial charge in [0.25, 0.3) is 0 Å². The van der Waals surface area contributed by atoms with Crippen molar-refractivity contribution in [3.8, 4) is 0 Å². The number of hydrogen-bond acceptors (Lipinski definition) is 3. The average molecular weight is 269 g/mol. The maximum atomic E-state index is 12.0. The van der Waals surface area contributed by atoms with E-state index >= 15 is 0 Å². The molecule has 1 aliphatic rings. The lowest BCUT2D eigenvalue weighted by Gasteiger charge is -2.21. The molecule has 2 atom stereocenters. The molecule has 19 heavy (non-hydrogen) atoms. The summed E-state index contributed by atoms with van der Waals surface area (Å²) < 4.78 is 0. The van der Waals surface area contributed by atoms with Gasteiger partial charge < -0.3 is 16.0 Å². The van der Waals surface area contributed by atoms with Gasteiger partial charge in [0, 0.05) is 13.1 Å². The third-order valence-corrected chi connectivity index (χ3v) is 3.80. The van der Waals surface area contributed by atoms with E-state index in [1.165, 1.54) is 6.42 Å². The van der Waals surface area contributed by atoms with Crippen LogP contribution in [-0.4, -0.2) is 42.4 Å². The molecule has 1 rings (SSSR count). The number of carbonyl (C=O) groups excluding carboxylic acids is 2. The summed E-state index contributed by atoms with van der Waals surface area (Å²) >= 11 is 0. The Balaban J connectivity index is 2.36. The molecule has 110 valence electrons. The Hall–Kier alpha value is -1.10. The molecule has 1 unspecified atom stereocenters. The van der Waals surface area contributed by atoms with Crippen LogP contribution in [0.3, 0.4) is 0 Å². The highest BCUT2D eigenvalue weighted by atomic mass is 16.2. The van der Waals surface area contributed by atoms with Crippen molar-refractivity contribution in [2.75, 3.05) is 19.6 Å². The summed E-state index contributed by atoms with van der Waals surface area (Å²) in [5, 5.41) is 2.64. The van der Waals surface area contributed by atoms with E-state index in [1.807, 2.05) is 18.7 Å². The average Bonchev–Trinajstić information content (AvgIpc) is 2.59. The minimum absolute atomic E-state index is 0.00148. The number of likely N-dealkylation sites (tertiary alicyclic amines) is 1. The number of carbonyl (C=O) groups is 2. The van der Waals surface area contributed by atoms with E-state index in [2.05, 4.69) is 12.2 Å². The third kappa shape index (κ3) is 5.19. The number of hydrogen-bond donors (Lipinski definition) is 2. The Bertz CT molecular complexity index is 318. The summed E-state index contributed by atoms with van der Waals surface area (Å²) in [5.41, 5.74) is 5.73. The van der Waals surface area contributed by atoms with E-state index in [4.69, 9.17) is 5.73 Å². The molecule has 1 fully saturated rings. The summed E-state index contributed by atoms with van der Waals surface area (Å²) in [7, 11) is 0. The van der Waals surface area contributed by atoms with Crippen molar-refractivity contribution in [1.29, 1.82) is 0 Å². The largest absolute Gasteiger partial charge is 0.346 e. The molecule has 0 bridgehead atoms. The second kappa shape index (κ2) is 7.48. The molecule has 0 aliphatic carbocycles. The molecule has 0 aromatic rings. The molecule has 0 radical (unpaired) electrons. The zero-order valence-electron chi connectivity index (χ0n) is 12.3. The SMILES string of the molecule is CC1CCCN(C(=O)CNC(=O)[C@@H](N)C(C)C)CC1. The van der Waals surface area contributed by atoms with Crippen LogP contribution in [0.15, 0.2) is 0 Å². The van der Waals surface area contributed by atoms with Gasteiger partial charge in [0.1, 0.15) is 0 Å². The molecular weight excluding hydrogens is 242 g/mol. The maximum Gasteiger partial charge on any atom is 0.241 e. The van der Waals surface area contributed by atoms with Gasteiger partial charge in [-0.3, -0.25) is 9.59 Å². The molecule has 5 nitrogen and oxygen atoms in total. The molecule has 1 aliphatic heterocycles. The van der Waals surface area contributed by atoms with Crippen molar-refractivity contribution < 1.29 is 9.59 Å². The number of rotatable bonds is 4. The van der Waals surface area contributed by atoms with E-state index in [9.17, 15) is 9.59 Å². The zero-order valence-corrected chi connectivity index (χ0v) is 12.3. The van der Waals surface area contributed by atoms with Crippen LogP contribution in [0.1, 0.15) is 40.0 Å².